The number of nitrogens with zero attached hydrogens (tertiary/aromatic N) is 3. The van der Waals surface area contributed by atoms with E-state index in [4.69, 9.17) is 13.5 Å². The first-order valence-electron chi connectivity index (χ1n) is 9.35. The van der Waals surface area contributed by atoms with Crippen LogP contribution in [0.25, 0.3) is 0 Å². The second-order valence-electron chi connectivity index (χ2n) is 6.82. The minimum Gasteiger partial charge on any atom is -0.230 e. The number of benzene rings is 3. The second kappa shape index (κ2) is 10.2. The van der Waals surface area contributed by atoms with Crippen LogP contribution in [-0.2, 0) is 0 Å². The zero-order valence-corrected chi connectivity index (χ0v) is 25.3. The Morgan fingerprint density at radius 3 is 0.867 bits per heavy atom. The molecular weight excluding hydrogens is 768 g/mol. The molecule has 0 spiro atoms. The predicted octanol–water partition coefficient (Wildman–Crippen LogP) is 8.50. The van der Waals surface area contributed by atoms with Crippen LogP contribution >= 0.6 is 89.4 Å². The lowest BCUT2D eigenvalue weighted by Crippen LogP contribution is -2.14. The van der Waals surface area contributed by atoms with E-state index in [1.54, 1.807) is 0 Å². The molecule has 0 bridgehead atoms. The molecule has 0 amide bonds. The van der Waals surface area contributed by atoms with Crippen LogP contribution in [0.2, 0.25) is 0 Å². The van der Waals surface area contributed by atoms with Crippen molar-refractivity contribution in [1.82, 2.24) is 0 Å². The first-order valence-corrected chi connectivity index (χ1v) is 19.6. The summed E-state index contributed by atoms with van der Waals surface area (Å²) in [5, 5.41) is 3.85. The van der Waals surface area contributed by atoms with E-state index < -0.39 is 21.6 Å². The summed E-state index contributed by atoms with van der Waals surface area (Å²) in [6, 6.07) is 32.3. The predicted molar refractivity (Wildman–Crippen MR) is 163 cm³/mol. The average molecular weight is 789 g/mol. The van der Waals surface area contributed by atoms with Crippen LogP contribution in [0.15, 0.2) is 105 Å². The number of rotatable bonds is 6. The third kappa shape index (κ3) is 4.48. The molecule has 0 aliphatic carbocycles. The van der Waals surface area contributed by atoms with E-state index in [0.717, 1.165) is 12.5 Å². The highest BCUT2D eigenvalue weighted by Crippen LogP contribution is 2.78. The minimum absolute atomic E-state index is 0.917. The molecule has 1 heterocycles. The number of hydrogen-bond donors (Lipinski definition) is 0. The number of hydrogen-bond acceptors (Lipinski definition) is 3. The maximum atomic E-state index is 5.69. The molecule has 0 radical (unpaired) electrons. The quantitative estimate of drug-likeness (QED) is 0.137. The van der Waals surface area contributed by atoms with E-state index in [9.17, 15) is 0 Å². The van der Waals surface area contributed by atoms with Crippen molar-refractivity contribution in [1.29, 1.82) is 0 Å². The third-order valence-corrected chi connectivity index (χ3v) is 24.9. The summed E-state index contributed by atoms with van der Waals surface area (Å²) in [7, 11) is -6.30. The fourth-order valence-electron chi connectivity index (χ4n) is 3.45. The van der Waals surface area contributed by atoms with Crippen molar-refractivity contribution >= 4 is 105 Å². The third-order valence-electron chi connectivity index (χ3n) is 4.90. The fourth-order valence-corrected chi connectivity index (χ4v) is 27.6. The molecule has 4 rings (SSSR count). The molecule has 0 unspecified atom stereocenters. The molecule has 0 fully saturated rings. The van der Waals surface area contributed by atoms with Crippen LogP contribution in [0.3, 0.4) is 0 Å². The zero-order chi connectivity index (χ0) is 21.1. The molecule has 0 aromatic heterocycles. The SMILES string of the molecule is ICP1(c2ccccc2)=NP(CI)(c2ccccc2)=NP(CI)(c2ccccc2)=N1. The van der Waals surface area contributed by atoms with E-state index in [1.807, 2.05) is 0 Å². The van der Waals surface area contributed by atoms with Gasteiger partial charge in [-0.2, -0.15) is 0 Å². The fraction of sp³-hybridized carbons (Fsp3) is 0.143. The molecule has 0 saturated carbocycles. The van der Waals surface area contributed by atoms with Crippen molar-refractivity contribution in [3.05, 3.63) is 91.0 Å². The van der Waals surface area contributed by atoms with Gasteiger partial charge in [0, 0.05) is 15.9 Å². The van der Waals surface area contributed by atoms with Crippen molar-refractivity contribution in [3.8, 4) is 0 Å². The van der Waals surface area contributed by atoms with Gasteiger partial charge in [0.15, 0.2) is 0 Å². The monoisotopic (exact) mass is 789 g/mol. The summed E-state index contributed by atoms with van der Waals surface area (Å²) in [5.41, 5.74) is 0. The Hall–Kier alpha value is 0.540. The highest BCUT2D eigenvalue weighted by Gasteiger charge is 2.38. The maximum Gasteiger partial charge on any atom is 0.118 e. The van der Waals surface area contributed by atoms with Crippen LogP contribution < -0.4 is 15.9 Å². The average Bonchev–Trinajstić information content (AvgIpc) is 2.85. The molecule has 0 saturated heterocycles. The van der Waals surface area contributed by atoms with Crippen LogP contribution in [0, 0.1) is 0 Å². The van der Waals surface area contributed by atoms with Gasteiger partial charge in [0.1, 0.15) is 21.6 Å². The molecule has 3 nitrogen and oxygen atoms in total. The first kappa shape index (κ1) is 23.7. The molecule has 3 aromatic carbocycles. The zero-order valence-electron chi connectivity index (χ0n) is 16.1. The van der Waals surface area contributed by atoms with Gasteiger partial charge < -0.3 is 0 Å². The maximum absolute atomic E-state index is 5.69. The standard InChI is InChI=1S/C21H21I3N3P3/c22-16-28(19-10-4-1-5-11-19)25-29(17-23,20-12-6-2-7-13-20)27-30(18-24,26-28)21-14-8-3-9-15-21/h1-15H,16-18H2. The van der Waals surface area contributed by atoms with Gasteiger partial charge in [-0.1, -0.05) is 159 Å². The molecule has 30 heavy (non-hydrogen) atoms. The van der Waals surface area contributed by atoms with Crippen molar-refractivity contribution in [2.45, 2.75) is 0 Å². The van der Waals surface area contributed by atoms with E-state index in [-0.39, 0.29) is 0 Å². The van der Waals surface area contributed by atoms with Crippen LogP contribution in [0.4, 0.5) is 0 Å². The summed E-state index contributed by atoms with van der Waals surface area (Å²) in [5.74, 6) is 0. The molecule has 1 aliphatic heterocycles. The van der Waals surface area contributed by atoms with Gasteiger partial charge in [0.2, 0.25) is 0 Å². The largest absolute Gasteiger partial charge is 0.230 e. The van der Waals surface area contributed by atoms with Gasteiger partial charge in [0.05, 0.1) is 12.5 Å². The van der Waals surface area contributed by atoms with Crippen molar-refractivity contribution in [3.63, 3.8) is 0 Å². The number of halogens is 3. The lowest BCUT2D eigenvalue weighted by Gasteiger charge is -2.35. The highest BCUT2D eigenvalue weighted by molar-refractivity contribution is 14.1. The van der Waals surface area contributed by atoms with E-state index in [1.165, 1.54) is 15.9 Å². The van der Waals surface area contributed by atoms with Gasteiger partial charge in [-0.3, -0.25) is 0 Å². The second-order valence-corrected chi connectivity index (χ2v) is 21.8. The Morgan fingerprint density at radius 1 is 0.433 bits per heavy atom. The van der Waals surface area contributed by atoms with Gasteiger partial charge in [0.25, 0.3) is 0 Å². The Balaban J connectivity index is 2.17. The first-order chi connectivity index (χ1) is 14.6. The number of alkyl halides is 3. The Labute approximate surface area is 220 Å². The highest BCUT2D eigenvalue weighted by atomic mass is 127. The van der Waals surface area contributed by atoms with E-state index in [2.05, 4.69) is 159 Å². The molecule has 0 N–H and O–H groups in total. The Morgan fingerprint density at radius 2 is 0.667 bits per heavy atom. The lowest BCUT2D eigenvalue weighted by atomic mass is 10.4. The summed E-state index contributed by atoms with van der Waals surface area (Å²) in [4.78, 5) is 0. The van der Waals surface area contributed by atoms with Crippen LogP contribution in [0.1, 0.15) is 0 Å². The lowest BCUT2D eigenvalue weighted by molar-refractivity contribution is 1.61. The molecular formula is C21H21I3N3P3. The van der Waals surface area contributed by atoms with E-state index >= 15 is 0 Å². The van der Waals surface area contributed by atoms with Crippen molar-refractivity contribution < 1.29 is 0 Å². The van der Waals surface area contributed by atoms with Gasteiger partial charge >= 0.3 is 0 Å². The summed E-state index contributed by atoms with van der Waals surface area (Å²) >= 11 is 7.56. The molecule has 1 aliphatic rings. The normalized spacial score (nSPS) is 28.1. The summed E-state index contributed by atoms with van der Waals surface area (Å²) in [6.07, 6.45) is 0. The molecule has 9 heteroatoms. The smallest absolute Gasteiger partial charge is 0.118 e. The van der Waals surface area contributed by atoms with Gasteiger partial charge in [-0.15, -0.1) is 0 Å². The van der Waals surface area contributed by atoms with Gasteiger partial charge in [-0.25, -0.2) is 13.5 Å². The van der Waals surface area contributed by atoms with Gasteiger partial charge in [-0.05, 0) is 0 Å². The molecule has 0 atom stereocenters. The van der Waals surface area contributed by atoms with Crippen molar-refractivity contribution in [2.75, 3.05) is 12.5 Å². The molecule has 156 valence electrons. The topological polar surface area (TPSA) is 37.1 Å². The van der Waals surface area contributed by atoms with Crippen LogP contribution in [-0.4, -0.2) is 12.5 Å². The van der Waals surface area contributed by atoms with Crippen molar-refractivity contribution in [2.24, 2.45) is 13.5 Å². The van der Waals surface area contributed by atoms with E-state index in [0.29, 0.717) is 0 Å². The minimum atomic E-state index is -2.10. The molecule has 3 aromatic rings. The summed E-state index contributed by atoms with van der Waals surface area (Å²) < 4.78 is 19.8. The summed E-state index contributed by atoms with van der Waals surface area (Å²) in [6.45, 7) is 0. The Bertz CT molecular complexity index is 1020. The Kier molecular flexibility index (Phi) is 8.06. The van der Waals surface area contributed by atoms with Crippen LogP contribution in [0.5, 0.6) is 0 Å².